The number of hydrogen-bond acceptors (Lipinski definition) is 1. The molecule has 0 aromatic heterocycles. The minimum Gasteiger partial charge on any atom is -0.307 e. The van der Waals surface area contributed by atoms with Crippen LogP contribution in [0.2, 0.25) is 0 Å². The van der Waals surface area contributed by atoms with Gasteiger partial charge in [0.2, 0.25) is 0 Å². The molecule has 21 heavy (non-hydrogen) atoms. The molecule has 0 radical (unpaired) electrons. The van der Waals surface area contributed by atoms with Gasteiger partial charge in [0.25, 0.3) is 0 Å². The van der Waals surface area contributed by atoms with E-state index in [9.17, 15) is 4.39 Å². The summed E-state index contributed by atoms with van der Waals surface area (Å²) in [7, 11) is 0. The Labute approximate surface area is 130 Å². The minimum atomic E-state index is -0.159. The van der Waals surface area contributed by atoms with Gasteiger partial charge in [-0.3, -0.25) is 0 Å². The molecule has 0 unspecified atom stereocenters. The molecule has 1 aromatic rings. The van der Waals surface area contributed by atoms with Crippen LogP contribution in [0.5, 0.6) is 0 Å². The molecule has 0 bridgehead atoms. The van der Waals surface area contributed by atoms with Gasteiger partial charge in [-0.1, -0.05) is 64.5 Å². The first kappa shape index (κ1) is 18.2. The van der Waals surface area contributed by atoms with Crippen molar-refractivity contribution < 1.29 is 4.39 Å². The first-order valence-corrected chi connectivity index (χ1v) is 8.68. The van der Waals surface area contributed by atoms with Crippen molar-refractivity contribution in [3.8, 4) is 0 Å². The van der Waals surface area contributed by atoms with Crippen LogP contribution in [0.15, 0.2) is 24.3 Å². The molecule has 0 aliphatic rings. The molecule has 2 heteroatoms. The Morgan fingerprint density at radius 1 is 0.905 bits per heavy atom. The van der Waals surface area contributed by atoms with E-state index in [0.29, 0.717) is 12.1 Å². The summed E-state index contributed by atoms with van der Waals surface area (Å²) in [6.07, 6.45) is 10.3. The minimum absolute atomic E-state index is 0.159. The van der Waals surface area contributed by atoms with Crippen LogP contribution in [0.1, 0.15) is 83.7 Å². The second-order valence-electron chi connectivity index (χ2n) is 6.13. The monoisotopic (exact) mass is 293 g/mol. The molecule has 0 saturated carbocycles. The summed E-state index contributed by atoms with van der Waals surface area (Å²) in [6.45, 7) is 6.68. The Morgan fingerprint density at radius 2 is 1.43 bits per heavy atom. The Kier molecular flexibility index (Phi) is 9.32. The van der Waals surface area contributed by atoms with Crippen molar-refractivity contribution in [3.05, 3.63) is 35.6 Å². The maximum atomic E-state index is 13.0. The topological polar surface area (TPSA) is 12.0 Å². The molecule has 0 spiro atoms. The Hall–Kier alpha value is -0.890. The van der Waals surface area contributed by atoms with Crippen LogP contribution < -0.4 is 5.32 Å². The average Bonchev–Trinajstić information content (AvgIpc) is 2.48. The van der Waals surface area contributed by atoms with Crippen molar-refractivity contribution in [3.63, 3.8) is 0 Å². The van der Waals surface area contributed by atoms with Gasteiger partial charge < -0.3 is 5.32 Å². The molecule has 1 atom stereocenters. The van der Waals surface area contributed by atoms with Crippen LogP contribution in [-0.2, 0) is 0 Å². The summed E-state index contributed by atoms with van der Waals surface area (Å²) in [6, 6.07) is 7.76. The van der Waals surface area contributed by atoms with Gasteiger partial charge in [-0.05, 0) is 37.5 Å². The third-order valence-electron chi connectivity index (χ3n) is 4.17. The normalized spacial score (nSPS) is 12.8. The molecule has 0 fully saturated rings. The highest BCUT2D eigenvalue weighted by atomic mass is 19.1. The lowest BCUT2D eigenvalue weighted by atomic mass is 9.99. The van der Waals surface area contributed by atoms with Crippen molar-refractivity contribution in [2.24, 2.45) is 0 Å². The van der Waals surface area contributed by atoms with Crippen LogP contribution in [0.25, 0.3) is 0 Å². The van der Waals surface area contributed by atoms with E-state index in [2.05, 4.69) is 26.1 Å². The number of nitrogens with one attached hydrogen (secondary N) is 1. The molecule has 0 aliphatic carbocycles. The Balaban J connectivity index is 2.49. The second-order valence-corrected chi connectivity index (χ2v) is 6.13. The summed E-state index contributed by atoms with van der Waals surface area (Å²) in [5, 5.41) is 3.75. The highest BCUT2D eigenvalue weighted by Gasteiger charge is 2.13. The van der Waals surface area contributed by atoms with E-state index >= 15 is 0 Å². The summed E-state index contributed by atoms with van der Waals surface area (Å²) < 4.78 is 13.0. The molecule has 0 amide bonds. The van der Waals surface area contributed by atoms with E-state index in [1.54, 1.807) is 12.1 Å². The van der Waals surface area contributed by atoms with Crippen LogP contribution in [0.3, 0.4) is 0 Å². The van der Waals surface area contributed by atoms with Crippen LogP contribution >= 0.6 is 0 Å². The number of hydrogen-bond donors (Lipinski definition) is 1. The van der Waals surface area contributed by atoms with Crippen LogP contribution in [0, 0.1) is 5.82 Å². The van der Waals surface area contributed by atoms with E-state index in [4.69, 9.17) is 0 Å². The lowest BCUT2D eigenvalue weighted by Crippen LogP contribution is -2.31. The average molecular weight is 293 g/mol. The fourth-order valence-corrected chi connectivity index (χ4v) is 2.79. The maximum absolute atomic E-state index is 13.0. The van der Waals surface area contributed by atoms with Crippen molar-refractivity contribution in [1.29, 1.82) is 0 Å². The molecular formula is C19H32FN. The van der Waals surface area contributed by atoms with Gasteiger partial charge in [0.1, 0.15) is 5.82 Å². The van der Waals surface area contributed by atoms with Crippen molar-refractivity contribution >= 4 is 0 Å². The van der Waals surface area contributed by atoms with E-state index in [1.165, 1.54) is 56.9 Å². The summed E-state index contributed by atoms with van der Waals surface area (Å²) in [4.78, 5) is 0. The number of unbranched alkanes of at least 4 members (excludes halogenated alkanes) is 4. The molecule has 120 valence electrons. The van der Waals surface area contributed by atoms with Gasteiger partial charge in [0.05, 0.1) is 0 Å². The number of benzene rings is 1. The van der Waals surface area contributed by atoms with E-state index in [0.717, 1.165) is 0 Å². The molecule has 1 rings (SSSR count). The largest absolute Gasteiger partial charge is 0.307 e. The number of halogens is 1. The SMILES string of the molecule is CCCCCC(CCCCC)N[C@@H](C)c1ccc(F)cc1. The van der Waals surface area contributed by atoms with Gasteiger partial charge in [0.15, 0.2) is 0 Å². The molecule has 1 aromatic carbocycles. The first-order valence-electron chi connectivity index (χ1n) is 8.68. The Bertz CT molecular complexity index is 350. The summed E-state index contributed by atoms with van der Waals surface area (Å²) in [5.74, 6) is -0.159. The van der Waals surface area contributed by atoms with E-state index in [1.807, 2.05) is 12.1 Å². The maximum Gasteiger partial charge on any atom is 0.123 e. The highest BCUT2D eigenvalue weighted by Crippen LogP contribution is 2.18. The lowest BCUT2D eigenvalue weighted by Gasteiger charge is -2.24. The quantitative estimate of drug-likeness (QED) is 0.493. The second kappa shape index (κ2) is 10.8. The molecular weight excluding hydrogens is 261 g/mol. The fraction of sp³-hybridized carbons (Fsp3) is 0.684. The van der Waals surface area contributed by atoms with Crippen molar-refractivity contribution in [2.75, 3.05) is 0 Å². The predicted molar refractivity (Wildman–Crippen MR) is 90.0 cm³/mol. The van der Waals surface area contributed by atoms with Crippen LogP contribution in [-0.4, -0.2) is 6.04 Å². The zero-order valence-electron chi connectivity index (χ0n) is 14.0. The summed E-state index contributed by atoms with van der Waals surface area (Å²) in [5.41, 5.74) is 1.17. The van der Waals surface area contributed by atoms with Crippen molar-refractivity contribution in [1.82, 2.24) is 5.32 Å². The van der Waals surface area contributed by atoms with E-state index in [-0.39, 0.29) is 5.82 Å². The first-order chi connectivity index (χ1) is 10.2. The zero-order valence-corrected chi connectivity index (χ0v) is 14.0. The molecule has 1 N–H and O–H groups in total. The van der Waals surface area contributed by atoms with E-state index < -0.39 is 0 Å². The van der Waals surface area contributed by atoms with Gasteiger partial charge in [-0.25, -0.2) is 4.39 Å². The fourth-order valence-electron chi connectivity index (χ4n) is 2.79. The Morgan fingerprint density at radius 3 is 1.90 bits per heavy atom. The summed E-state index contributed by atoms with van der Waals surface area (Å²) >= 11 is 0. The molecule has 0 aliphatic heterocycles. The van der Waals surface area contributed by atoms with Gasteiger partial charge in [-0.2, -0.15) is 0 Å². The van der Waals surface area contributed by atoms with Gasteiger partial charge in [0, 0.05) is 12.1 Å². The molecule has 0 heterocycles. The van der Waals surface area contributed by atoms with Gasteiger partial charge in [-0.15, -0.1) is 0 Å². The van der Waals surface area contributed by atoms with Crippen LogP contribution in [0.4, 0.5) is 4.39 Å². The smallest absolute Gasteiger partial charge is 0.123 e. The standard InChI is InChI=1S/C19H32FN/c1-4-6-8-10-19(11-9-7-5-2)21-16(3)17-12-14-18(20)15-13-17/h12-16,19,21H,4-11H2,1-3H3/t16-/m0/s1. The zero-order chi connectivity index (χ0) is 15.5. The lowest BCUT2D eigenvalue weighted by molar-refractivity contribution is 0.384. The number of rotatable bonds is 11. The highest BCUT2D eigenvalue weighted by molar-refractivity contribution is 5.19. The van der Waals surface area contributed by atoms with Crippen molar-refractivity contribution in [2.45, 2.75) is 84.2 Å². The third kappa shape index (κ3) is 7.61. The van der Waals surface area contributed by atoms with Gasteiger partial charge >= 0.3 is 0 Å². The molecule has 1 nitrogen and oxygen atoms in total. The predicted octanol–water partition coefficient (Wildman–Crippen LogP) is 6.01. The molecule has 0 saturated heterocycles. The third-order valence-corrected chi connectivity index (χ3v) is 4.17.